The average molecular weight is 345 g/mol. The van der Waals surface area contributed by atoms with E-state index in [1.54, 1.807) is 6.07 Å². The van der Waals surface area contributed by atoms with E-state index in [0.717, 1.165) is 16.7 Å². The Morgan fingerprint density at radius 2 is 1.77 bits per heavy atom. The Bertz CT molecular complexity index is 869. The van der Waals surface area contributed by atoms with Gasteiger partial charge in [-0.1, -0.05) is 42.5 Å². The van der Waals surface area contributed by atoms with Crippen molar-refractivity contribution >= 4 is 5.91 Å². The summed E-state index contributed by atoms with van der Waals surface area (Å²) in [5, 5.41) is 21.5. The highest BCUT2D eigenvalue weighted by Crippen LogP contribution is 2.30. The first kappa shape index (κ1) is 17.7. The molecule has 0 bridgehead atoms. The maximum absolute atomic E-state index is 12.5. The van der Waals surface area contributed by atoms with Gasteiger partial charge in [0.05, 0.1) is 17.7 Å². The van der Waals surface area contributed by atoms with Gasteiger partial charge in [-0.3, -0.25) is 4.79 Å². The lowest BCUT2D eigenvalue weighted by molar-refractivity contribution is -0.132. The Kier molecular flexibility index (Phi) is 5.31. The summed E-state index contributed by atoms with van der Waals surface area (Å²) in [5.74, 6) is -0.234. The smallest absolute Gasteiger partial charge is 0.240 e. The summed E-state index contributed by atoms with van der Waals surface area (Å²) >= 11 is 0. The van der Waals surface area contributed by atoms with Crippen molar-refractivity contribution in [2.75, 3.05) is 13.2 Å². The monoisotopic (exact) mass is 345 g/mol. The molecule has 0 radical (unpaired) electrons. The van der Waals surface area contributed by atoms with Crippen molar-refractivity contribution in [3.05, 3.63) is 59.7 Å². The third-order valence-corrected chi connectivity index (χ3v) is 4.76. The van der Waals surface area contributed by atoms with Crippen molar-refractivity contribution in [1.82, 2.24) is 5.32 Å². The molecule has 26 heavy (non-hydrogen) atoms. The minimum atomic E-state index is -0.982. The molecule has 1 aliphatic heterocycles. The van der Waals surface area contributed by atoms with Gasteiger partial charge in [0.25, 0.3) is 0 Å². The lowest BCUT2D eigenvalue weighted by atomic mass is 9.81. The summed E-state index contributed by atoms with van der Waals surface area (Å²) in [6.45, 7) is 1.24. The summed E-state index contributed by atoms with van der Waals surface area (Å²) in [6.07, 6.45) is 0.860. The van der Waals surface area contributed by atoms with Crippen LogP contribution >= 0.6 is 0 Å². The fourth-order valence-electron chi connectivity index (χ4n) is 3.10. The molecule has 2 aromatic carbocycles. The quantitative estimate of drug-likeness (QED) is 0.922. The van der Waals surface area contributed by atoms with Crippen LogP contribution in [0.2, 0.25) is 0 Å². The van der Waals surface area contributed by atoms with Gasteiger partial charge >= 0.3 is 0 Å². The van der Waals surface area contributed by atoms with Crippen LogP contribution in [0.15, 0.2) is 48.5 Å². The molecule has 1 heterocycles. The van der Waals surface area contributed by atoms with Crippen LogP contribution in [0.1, 0.15) is 24.0 Å². The molecule has 130 valence electrons. The first-order valence-electron chi connectivity index (χ1n) is 8.54. The van der Waals surface area contributed by atoms with Crippen LogP contribution in [0, 0.1) is 28.1 Å². The molecule has 3 rings (SSSR count). The Morgan fingerprint density at radius 3 is 2.42 bits per heavy atom. The zero-order chi connectivity index (χ0) is 18.4. The van der Waals surface area contributed by atoms with Crippen molar-refractivity contribution in [1.29, 1.82) is 10.5 Å². The van der Waals surface area contributed by atoms with Gasteiger partial charge in [0.2, 0.25) is 5.91 Å². The molecule has 5 nitrogen and oxygen atoms in total. The second kappa shape index (κ2) is 7.82. The minimum Gasteiger partial charge on any atom is -0.381 e. The molecule has 1 saturated heterocycles. The molecule has 0 unspecified atom stereocenters. The number of benzene rings is 2. The Labute approximate surface area is 152 Å². The number of hydrogen-bond acceptors (Lipinski definition) is 4. The zero-order valence-corrected chi connectivity index (χ0v) is 14.4. The Balaban J connectivity index is 1.68. The maximum Gasteiger partial charge on any atom is 0.240 e. The number of amides is 1. The van der Waals surface area contributed by atoms with Gasteiger partial charge < -0.3 is 10.1 Å². The van der Waals surface area contributed by atoms with Gasteiger partial charge in [0.15, 0.2) is 0 Å². The van der Waals surface area contributed by atoms with Crippen LogP contribution < -0.4 is 5.32 Å². The first-order chi connectivity index (χ1) is 12.7. The van der Waals surface area contributed by atoms with Crippen LogP contribution in [-0.4, -0.2) is 19.1 Å². The number of nitrogens with one attached hydrogen (secondary N) is 1. The molecule has 1 aliphatic rings. The second-order valence-electron chi connectivity index (χ2n) is 6.34. The van der Waals surface area contributed by atoms with E-state index >= 15 is 0 Å². The van der Waals surface area contributed by atoms with E-state index in [1.165, 1.54) is 0 Å². The van der Waals surface area contributed by atoms with E-state index in [-0.39, 0.29) is 5.91 Å². The molecule has 5 heteroatoms. The molecule has 0 aromatic heterocycles. The lowest BCUT2D eigenvalue weighted by Gasteiger charge is -2.29. The highest BCUT2D eigenvalue weighted by Gasteiger charge is 2.40. The van der Waals surface area contributed by atoms with Crippen LogP contribution in [-0.2, 0) is 16.1 Å². The van der Waals surface area contributed by atoms with Crippen LogP contribution in [0.4, 0.5) is 0 Å². The normalized spacial score (nSPS) is 15.5. The van der Waals surface area contributed by atoms with Gasteiger partial charge in [-0.15, -0.1) is 0 Å². The standard InChI is InChI=1S/C21H19N3O2/c22-13-18-3-1-2-4-19(18)17-7-5-16(6-8-17)14-24-20(25)21(15-23)9-11-26-12-10-21/h1-8H,9-12,14H2,(H,24,25). The molecule has 0 aliphatic carbocycles. The molecule has 2 aromatic rings. The van der Waals surface area contributed by atoms with Crippen LogP contribution in [0.5, 0.6) is 0 Å². The van der Waals surface area contributed by atoms with E-state index in [0.29, 0.717) is 38.2 Å². The minimum absolute atomic E-state index is 0.234. The summed E-state index contributed by atoms with van der Waals surface area (Å²) in [6, 6.07) is 19.5. The SMILES string of the molecule is N#Cc1ccccc1-c1ccc(CNC(=O)C2(C#N)CCOCC2)cc1. The number of hydrogen-bond donors (Lipinski definition) is 1. The maximum atomic E-state index is 12.5. The predicted octanol–water partition coefficient (Wildman–Crippen LogP) is 3.16. The van der Waals surface area contributed by atoms with Crippen molar-refractivity contribution in [3.8, 4) is 23.3 Å². The number of nitrogens with zero attached hydrogens (tertiary/aromatic N) is 2. The van der Waals surface area contributed by atoms with E-state index in [4.69, 9.17) is 4.74 Å². The van der Waals surface area contributed by atoms with Crippen molar-refractivity contribution in [2.24, 2.45) is 5.41 Å². The number of carbonyl (C=O) groups is 1. The molecule has 0 atom stereocenters. The third kappa shape index (κ3) is 3.59. The summed E-state index contributed by atoms with van der Waals surface area (Å²) in [5.41, 5.74) is 2.43. The summed E-state index contributed by atoms with van der Waals surface area (Å²) in [7, 11) is 0. The zero-order valence-electron chi connectivity index (χ0n) is 14.4. The van der Waals surface area contributed by atoms with Crippen molar-refractivity contribution in [3.63, 3.8) is 0 Å². The third-order valence-electron chi connectivity index (χ3n) is 4.76. The van der Waals surface area contributed by atoms with Gasteiger partial charge in [-0.2, -0.15) is 10.5 Å². The summed E-state index contributed by atoms with van der Waals surface area (Å²) < 4.78 is 5.26. The van der Waals surface area contributed by atoms with Gasteiger partial charge in [0.1, 0.15) is 5.41 Å². The number of ether oxygens (including phenoxy) is 1. The van der Waals surface area contributed by atoms with E-state index in [9.17, 15) is 15.3 Å². The van der Waals surface area contributed by atoms with Gasteiger partial charge in [0, 0.05) is 19.8 Å². The van der Waals surface area contributed by atoms with Gasteiger partial charge in [-0.05, 0) is 35.6 Å². The summed E-state index contributed by atoms with van der Waals surface area (Å²) in [4.78, 5) is 12.5. The topological polar surface area (TPSA) is 85.9 Å². The molecule has 1 fully saturated rings. The highest BCUT2D eigenvalue weighted by molar-refractivity contribution is 5.85. The molecular weight excluding hydrogens is 326 g/mol. The van der Waals surface area contributed by atoms with E-state index < -0.39 is 5.41 Å². The number of nitriles is 2. The molecule has 0 spiro atoms. The predicted molar refractivity (Wildman–Crippen MR) is 96.5 cm³/mol. The van der Waals surface area contributed by atoms with E-state index in [2.05, 4.69) is 17.5 Å². The first-order valence-corrected chi connectivity index (χ1v) is 8.54. The number of rotatable bonds is 4. The molecular formula is C21H19N3O2. The largest absolute Gasteiger partial charge is 0.381 e. The fraction of sp³-hybridized carbons (Fsp3) is 0.286. The fourth-order valence-corrected chi connectivity index (χ4v) is 3.10. The lowest BCUT2D eigenvalue weighted by Crippen LogP contribution is -2.43. The Morgan fingerprint density at radius 1 is 1.08 bits per heavy atom. The number of carbonyl (C=O) groups excluding carboxylic acids is 1. The van der Waals surface area contributed by atoms with E-state index in [1.807, 2.05) is 42.5 Å². The average Bonchev–Trinajstić information content (AvgIpc) is 2.72. The van der Waals surface area contributed by atoms with Crippen LogP contribution in [0.3, 0.4) is 0 Å². The molecule has 1 amide bonds. The van der Waals surface area contributed by atoms with Crippen LogP contribution in [0.25, 0.3) is 11.1 Å². The van der Waals surface area contributed by atoms with Crippen molar-refractivity contribution < 1.29 is 9.53 Å². The van der Waals surface area contributed by atoms with Gasteiger partial charge in [-0.25, -0.2) is 0 Å². The second-order valence-corrected chi connectivity index (χ2v) is 6.34. The highest BCUT2D eigenvalue weighted by atomic mass is 16.5. The molecule has 0 saturated carbocycles. The Hall–Kier alpha value is -3.15. The molecule has 1 N–H and O–H groups in total. The van der Waals surface area contributed by atoms with Crippen molar-refractivity contribution in [2.45, 2.75) is 19.4 Å².